The third-order valence-corrected chi connectivity index (χ3v) is 5.67. The zero-order valence-electron chi connectivity index (χ0n) is 15.6. The van der Waals surface area contributed by atoms with Crippen molar-refractivity contribution in [2.24, 2.45) is 0 Å². The van der Waals surface area contributed by atoms with E-state index in [1.54, 1.807) is 6.07 Å². The summed E-state index contributed by atoms with van der Waals surface area (Å²) in [5, 5.41) is 5.39. The van der Waals surface area contributed by atoms with Crippen LogP contribution in [-0.2, 0) is 26.2 Å². The van der Waals surface area contributed by atoms with Crippen molar-refractivity contribution < 1.29 is 4.90 Å². The number of fused-ring (bicyclic) bond motifs is 2. The molecule has 8 heteroatoms. The van der Waals surface area contributed by atoms with E-state index in [1.807, 2.05) is 22.9 Å². The maximum atomic E-state index is 12.3. The number of aromatic amines is 1. The summed E-state index contributed by atoms with van der Waals surface area (Å²) in [6.45, 7) is 5.28. The molecule has 3 heterocycles. The van der Waals surface area contributed by atoms with Crippen molar-refractivity contribution in [3.05, 3.63) is 51.0 Å². The minimum atomic E-state index is -0.0867. The summed E-state index contributed by atoms with van der Waals surface area (Å²) in [5.74, 6) is 1.80. The minimum absolute atomic E-state index is 0.0867. The molecule has 2 N–H and O–H groups in total. The lowest BCUT2D eigenvalue weighted by molar-refractivity contribution is -0.935. The first-order valence-electron chi connectivity index (χ1n) is 9.63. The molecule has 0 saturated heterocycles. The monoisotopic (exact) mass is 385 g/mol. The van der Waals surface area contributed by atoms with Gasteiger partial charge < -0.3 is 14.5 Å². The molecule has 27 heavy (non-hydrogen) atoms. The average molecular weight is 386 g/mol. The van der Waals surface area contributed by atoms with Gasteiger partial charge in [-0.15, -0.1) is 0 Å². The first-order chi connectivity index (χ1) is 13.2. The molecule has 1 aliphatic heterocycles. The van der Waals surface area contributed by atoms with Gasteiger partial charge in [-0.25, -0.2) is 4.98 Å². The van der Waals surface area contributed by atoms with Crippen LogP contribution in [0.2, 0.25) is 0 Å². The van der Waals surface area contributed by atoms with Crippen LogP contribution < -0.4 is 10.5 Å². The summed E-state index contributed by atoms with van der Waals surface area (Å²) < 4.78 is 4.93. The molecule has 1 atom stereocenters. The van der Waals surface area contributed by atoms with Crippen LogP contribution in [0.15, 0.2) is 29.1 Å². The predicted octanol–water partition coefficient (Wildman–Crippen LogP) is 1.44. The molecule has 0 saturated carbocycles. The number of aryl methyl sites for hydroxylation is 1. The SMILES string of the molecule is CC[NH+](Cc1nc2ccccc2c(=O)[nH]1)Cn1nc2n(c1=S)CCCCC2. The van der Waals surface area contributed by atoms with Gasteiger partial charge in [0.1, 0.15) is 12.4 Å². The summed E-state index contributed by atoms with van der Waals surface area (Å²) in [6, 6.07) is 7.43. The third kappa shape index (κ3) is 3.72. The lowest BCUT2D eigenvalue weighted by atomic mass is 10.2. The van der Waals surface area contributed by atoms with E-state index in [4.69, 9.17) is 17.3 Å². The van der Waals surface area contributed by atoms with Crippen LogP contribution >= 0.6 is 12.2 Å². The first kappa shape index (κ1) is 18.1. The van der Waals surface area contributed by atoms with Crippen molar-refractivity contribution >= 4 is 23.1 Å². The van der Waals surface area contributed by atoms with Gasteiger partial charge in [0.15, 0.2) is 12.5 Å². The van der Waals surface area contributed by atoms with E-state index in [0.29, 0.717) is 24.4 Å². The number of aromatic nitrogens is 5. The molecular weight excluding hydrogens is 360 g/mol. The van der Waals surface area contributed by atoms with Gasteiger partial charge in [0, 0.05) is 13.0 Å². The van der Waals surface area contributed by atoms with Gasteiger partial charge in [0.25, 0.3) is 5.56 Å². The van der Waals surface area contributed by atoms with Crippen LogP contribution in [0, 0.1) is 4.77 Å². The number of benzene rings is 1. The van der Waals surface area contributed by atoms with Gasteiger partial charge in [-0.05, 0) is 44.1 Å². The van der Waals surface area contributed by atoms with Gasteiger partial charge in [-0.1, -0.05) is 18.6 Å². The molecular formula is C19H25N6OS+. The Hall–Kier alpha value is -2.32. The van der Waals surface area contributed by atoms with E-state index < -0.39 is 0 Å². The van der Waals surface area contributed by atoms with Crippen molar-refractivity contribution in [2.45, 2.75) is 52.4 Å². The van der Waals surface area contributed by atoms with Gasteiger partial charge in [0.05, 0.1) is 17.4 Å². The molecule has 1 aromatic carbocycles. The molecule has 1 unspecified atom stereocenters. The highest BCUT2D eigenvalue weighted by atomic mass is 32.1. The van der Waals surface area contributed by atoms with Crippen molar-refractivity contribution in [3.63, 3.8) is 0 Å². The lowest BCUT2D eigenvalue weighted by Crippen LogP contribution is -3.09. The normalized spacial score (nSPS) is 15.4. The first-order valence-corrected chi connectivity index (χ1v) is 10.0. The Morgan fingerprint density at radius 1 is 1.26 bits per heavy atom. The smallest absolute Gasteiger partial charge is 0.258 e. The molecule has 0 amide bonds. The molecule has 0 fully saturated rings. The van der Waals surface area contributed by atoms with Gasteiger partial charge >= 0.3 is 0 Å². The molecule has 2 aromatic heterocycles. The highest BCUT2D eigenvalue weighted by Crippen LogP contribution is 2.13. The van der Waals surface area contributed by atoms with E-state index in [0.717, 1.165) is 35.6 Å². The Kier molecular flexibility index (Phi) is 5.18. The van der Waals surface area contributed by atoms with E-state index in [1.165, 1.54) is 24.2 Å². The quantitative estimate of drug-likeness (QED) is 0.652. The Bertz CT molecular complexity index is 1070. The summed E-state index contributed by atoms with van der Waals surface area (Å²) in [5.41, 5.74) is 0.647. The molecule has 0 radical (unpaired) electrons. The fourth-order valence-corrected chi connectivity index (χ4v) is 3.99. The molecule has 0 aliphatic carbocycles. The van der Waals surface area contributed by atoms with E-state index in [9.17, 15) is 4.79 Å². The largest absolute Gasteiger partial charge is 0.310 e. The van der Waals surface area contributed by atoms with E-state index in [2.05, 4.69) is 21.5 Å². The number of H-pyrrole nitrogens is 1. The van der Waals surface area contributed by atoms with Crippen LogP contribution in [0.25, 0.3) is 10.9 Å². The van der Waals surface area contributed by atoms with Gasteiger partial charge in [-0.2, -0.15) is 9.78 Å². The topological polar surface area (TPSA) is 72.9 Å². The maximum Gasteiger partial charge on any atom is 0.258 e. The number of nitrogens with zero attached hydrogens (tertiary/aromatic N) is 4. The molecule has 0 spiro atoms. The molecule has 1 aliphatic rings. The Morgan fingerprint density at radius 3 is 2.96 bits per heavy atom. The molecule has 7 nitrogen and oxygen atoms in total. The molecule has 142 valence electrons. The Morgan fingerprint density at radius 2 is 2.11 bits per heavy atom. The number of hydrogen-bond acceptors (Lipinski definition) is 4. The van der Waals surface area contributed by atoms with Crippen LogP contribution in [0.3, 0.4) is 0 Å². The van der Waals surface area contributed by atoms with Crippen molar-refractivity contribution in [1.82, 2.24) is 24.3 Å². The highest BCUT2D eigenvalue weighted by molar-refractivity contribution is 7.71. The molecule has 4 rings (SSSR count). The van der Waals surface area contributed by atoms with Crippen molar-refractivity contribution in [3.8, 4) is 0 Å². The van der Waals surface area contributed by atoms with Crippen LogP contribution in [0.1, 0.15) is 37.8 Å². The zero-order valence-corrected chi connectivity index (χ0v) is 16.4. The number of quaternary nitrogens is 1. The summed E-state index contributed by atoms with van der Waals surface area (Å²) >= 11 is 5.66. The second-order valence-corrected chi connectivity index (χ2v) is 7.49. The predicted molar refractivity (Wildman–Crippen MR) is 106 cm³/mol. The zero-order chi connectivity index (χ0) is 18.8. The molecule has 3 aromatic rings. The van der Waals surface area contributed by atoms with E-state index in [-0.39, 0.29) is 5.56 Å². The number of rotatable bonds is 5. The van der Waals surface area contributed by atoms with Gasteiger partial charge in [0.2, 0.25) is 4.77 Å². The van der Waals surface area contributed by atoms with Crippen LogP contribution in [0.4, 0.5) is 0 Å². The Balaban J connectivity index is 1.57. The van der Waals surface area contributed by atoms with Gasteiger partial charge in [-0.3, -0.25) is 4.79 Å². The second kappa shape index (κ2) is 7.74. The summed E-state index contributed by atoms with van der Waals surface area (Å²) in [6.07, 6.45) is 4.58. The van der Waals surface area contributed by atoms with Crippen molar-refractivity contribution in [2.75, 3.05) is 6.54 Å². The molecule has 0 bridgehead atoms. The van der Waals surface area contributed by atoms with E-state index >= 15 is 0 Å². The number of para-hydroxylation sites is 1. The van der Waals surface area contributed by atoms with Crippen LogP contribution in [0.5, 0.6) is 0 Å². The summed E-state index contributed by atoms with van der Waals surface area (Å²) in [4.78, 5) is 21.1. The summed E-state index contributed by atoms with van der Waals surface area (Å²) in [7, 11) is 0. The fourth-order valence-electron chi connectivity index (χ4n) is 3.69. The number of hydrogen-bond donors (Lipinski definition) is 2. The average Bonchev–Trinajstić information content (AvgIpc) is 2.84. The fraction of sp³-hybridized carbons (Fsp3) is 0.474. The lowest BCUT2D eigenvalue weighted by Gasteiger charge is -2.17. The highest BCUT2D eigenvalue weighted by Gasteiger charge is 2.17. The second-order valence-electron chi connectivity index (χ2n) is 7.13. The maximum absolute atomic E-state index is 12.3. The van der Waals surface area contributed by atoms with Crippen molar-refractivity contribution in [1.29, 1.82) is 0 Å². The standard InChI is InChI=1S/C19H24N6OS/c1-2-23(12-16-20-15-9-6-5-8-14(15)18(26)21-16)13-25-19(27)24-11-7-3-4-10-17(24)22-25/h5-6,8-9H,2-4,7,10-13H2,1H3,(H,20,21,26)/p+1. The Labute approximate surface area is 162 Å². The third-order valence-electron chi connectivity index (χ3n) is 5.23. The number of nitrogens with one attached hydrogen (secondary N) is 2. The van der Waals surface area contributed by atoms with Crippen LogP contribution in [-0.4, -0.2) is 30.9 Å². The minimum Gasteiger partial charge on any atom is -0.310 e.